The molecule has 1 aromatic carbocycles. The van der Waals surface area contributed by atoms with E-state index >= 15 is 0 Å². The number of nitrogens with two attached hydrogens (primary N) is 1. The first-order chi connectivity index (χ1) is 11.1. The number of benzene rings is 1. The van der Waals surface area contributed by atoms with Crippen molar-refractivity contribution in [2.24, 2.45) is 0 Å². The molecule has 0 spiro atoms. The number of amides is 1. The van der Waals surface area contributed by atoms with E-state index in [0.717, 1.165) is 5.56 Å². The summed E-state index contributed by atoms with van der Waals surface area (Å²) >= 11 is 5.78. The van der Waals surface area contributed by atoms with Gasteiger partial charge in [-0.05, 0) is 5.56 Å². The third-order valence-corrected chi connectivity index (χ3v) is 3.27. The smallest absolute Gasteiger partial charge is 0.406 e. The van der Waals surface area contributed by atoms with Crippen LogP contribution in [0.15, 0.2) is 36.4 Å². The lowest BCUT2D eigenvalue weighted by molar-refractivity contribution is 0.130. The van der Waals surface area contributed by atoms with Gasteiger partial charge in [-0.2, -0.15) is 0 Å². The number of ether oxygens (including phenoxy) is 2. The Kier molecular flexibility index (Phi) is 5.99. The maximum atomic E-state index is 11.3. The zero-order valence-electron chi connectivity index (χ0n) is 12.5. The molecular formula is C15H17ClN4O3. The molecule has 1 amide bonds. The Morgan fingerprint density at radius 1 is 1.30 bits per heavy atom. The summed E-state index contributed by atoms with van der Waals surface area (Å²) < 4.78 is 10.8. The standard InChI is InChI=1S/C15H17ClN4O3/c1-18-15(21)23-9-11(10-5-3-2-4-6-10)8-22-12-7-13(16)19-20-14(12)17/h2-7,11H,8-9H2,1H3,(H2,17,20)(H,18,21). The molecule has 0 bridgehead atoms. The number of halogens is 1. The quantitative estimate of drug-likeness (QED) is 0.839. The van der Waals surface area contributed by atoms with Crippen molar-refractivity contribution in [1.29, 1.82) is 0 Å². The van der Waals surface area contributed by atoms with Crippen LogP contribution in [0.3, 0.4) is 0 Å². The van der Waals surface area contributed by atoms with Crippen molar-refractivity contribution in [3.8, 4) is 5.75 Å². The zero-order valence-corrected chi connectivity index (χ0v) is 13.3. The Morgan fingerprint density at radius 2 is 2.04 bits per heavy atom. The number of carbonyl (C=O) groups excluding carboxylic acids is 1. The van der Waals surface area contributed by atoms with Gasteiger partial charge in [0.25, 0.3) is 0 Å². The number of anilines is 1. The summed E-state index contributed by atoms with van der Waals surface area (Å²) in [6, 6.07) is 11.1. The van der Waals surface area contributed by atoms with Crippen molar-refractivity contribution in [3.63, 3.8) is 0 Å². The summed E-state index contributed by atoms with van der Waals surface area (Å²) in [4.78, 5) is 11.3. The van der Waals surface area contributed by atoms with Crippen LogP contribution < -0.4 is 15.8 Å². The summed E-state index contributed by atoms with van der Waals surface area (Å²) in [6.45, 7) is 0.406. The summed E-state index contributed by atoms with van der Waals surface area (Å²) in [5.41, 5.74) is 6.68. The maximum absolute atomic E-state index is 11.3. The van der Waals surface area contributed by atoms with E-state index < -0.39 is 6.09 Å². The van der Waals surface area contributed by atoms with Gasteiger partial charge < -0.3 is 20.5 Å². The summed E-state index contributed by atoms with van der Waals surface area (Å²) in [5, 5.41) is 9.91. The van der Waals surface area contributed by atoms with Gasteiger partial charge in [0, 0.05) is 13.1 Å². The lowest BCUT2D eigenvalue weighted by Crippen LogP contribution is -2.24. The Bertz CT molecular complexity index is 654. The van der Waals surface area contributed by atoms with Crippen LogP contribution in [0.1, 0.15) is 11.5 Å². The maximum Gasteiger partial charge on any atom is 0.406 e. The molecule has 23 heavy (non-hydrogen) atoms. The van der Waals surface area contributed by atoms with Gasteiger partial charge in [-0.15, -0.1) is 10.2 Å². The van der Waals surface area contributed by atoms with E-state index in [-0.39, 0.29) is 30.1 Å². The summed E-state index contributed by atoms with van der Waals surface area (Å²) in [7, 11) is 1.50. The fourth-order valence-corrected chi connectivity index (χ4v) is 2.02. The van der Waals surface area contributed by atoms with E-state index in [1.165, 1.54) is 13.1 Å². The monoisotopic (exact) mass is 336 g/mol. The number of hydrogen-bond acceptors (Lipinski definition) is 6. The van der Waals surface area contributed by atoms with E-state index in [1.807, 2.05) is 30.3 Å². The molecule has 1 unspecified atom stereocenters. The van der Waals surface area contributed by atoms with Gasteiger partial charge in [0.1, 0.15) is 6.61 Å². The van der Waals surface area contributed by atoms with Crippen LogP contribution in [0.2, 0.25) is 5.15 Å². The molecule has 7 nitrogen and oxygen atoms in total. The van der Waals surface area contributed by atoms with Gasteiger partial charge in [0.05, 0.1) is 12.5 Å². The molecule has 0 saturated heterocycles. The van der Waals surface area contributed by atoms with E-state index in [9.17, 15) is 4.79 Å². The number of nitrogens with zero attached hydrogens (tertiary/aromatic N) is 2. The molecule has 2 rings (SSSR count). The normalized spacial score (nSPS) is 11.6. The topological polar surface area (TPSA) is 99.4 Å². The molecule has 1 aromatic heterocycles. The minimum absolute atomic E-state index is 0.147. The van der Waals surface area contributed by atoms with Crippen LogP contribution in [0, 0.1) is 0 Å². The highest BCUT2D eigenvalue weighted by atomic mass is 35.5. The lowest BCUT2D eigenvalue weighted by Gasteiger charge is -2.18. The molecule has 8 heteroatoms. The molecule has 0 aliphatic rings. The third-order valence-electron chi connectivity index (χ3n) is 3.09. The average Bonchev–Trinajstić information content (AvgIpc) is 2.58. The number of aromatic nitrogens is 2. The Balaban J connectivity index is 2.08. The number of carbonyl (C=O) groups is 1. The van der Waals surface area contributed by atoms with Crippen molar-refractivity contribution in [2.45, 2.75) is 5.92 Å². The molecule has 0 fully saturated rings. The van der Waals surface area contributed by atoms with Crippen molar-refractivity contribution >= 4 is 23.5 Å². The first-order valence-corrected chi connectivity index (χ1v) is 7.29. The van der Waals surface area contributed by atoms with Gasteiger partial charge in [0.15, 0.2) is 16.7 Å². The summed E-state index contributed by atoms with van der Waals surface area (Å²) in [6.07, 6.45) is -0.501. The second-order valence-electron chi connectivity index (χ2n) is 4.68. The predicted octanol–water partition coefficient (Wildman–Crippen LogP) is 2.23. The first-order valence-electron chi connectivity index (χ1n) is 6.91. The molecule has 1 heterocycles. The fraction of sp³-hybridized carbons (Fsp3) is 0.267. The average molecular weight is 337 g/mol. The highest BCUT2D eigenvalue weighted by molar-refractivity contribution is 6.29. The molecule has 0 aliphatic carbocycles. The number of hydrogen-bond donors (Lipinski definition) is 2. The minimum atomic E-state index is -0.501. The summed E-state index contributed by atoms with van der Waals surface area (Å²) in [5.74, 6) is 0.319. The number of nitrogens with one attached hydrogen (secondary N) is 1. The predicted molar refractivity (Wildman–Crippen MR) is 86.5 cm³/mol. The zero-order chi connectivity index (χ0) is 16.7. The largest absolute Gasteiger partial charge is 0.489 e. The van der Waals surface area contributed by atoms with Crippen LogP contribution >= 0.6 is 11.6 Å². The third kappa shape index (κ3) is 5.00. The molecule has 122 valence electrons. The van der Waals surface area contributed by atoms with E-state index in [0.29, 0.717) is 5.75 Å². The van der Waals surface area contributed by atoms with Crippen LogP contribution in [-0.2, 0) is 4.74 Å². The number of nitrogen functional groups attached to an aromatic ring is 1. The molecule has 2 aromatic rings. The van der Waals surface area contributed by atoms with Crippen LogP contribution in [0.5, 0.6) is 5.75 Å². The van der Waals surface area contributed by atoms with Gasteiger partial charge in [-0.1, -0.05) is 41.9 Å². The highest BCUT2D eigenvalue weighted by Gasteiger charge is 2.16. The number of rotatable bonds is 6. The van der Waals surface area contributed by atoms with Crippen molar-refractivity contribution in [1.82, 2.24) is 15.5 Å². The van der Waals surface area contributed by atoms with E-state index in [1.54, 1.807) is 0 Å². The SMILES string of the molecule is CNC(=O)OCC(COc1cc(Cl)nnc1N)c1ccccc1. The lowest BCUT2D eigenvalue weighted by atomic mass is 10.0. The molecule has 0 saturated carbocycles. The molecule has 3 N–H and O–H groups in total. The van der Waals surface area contributed by atoms with Gasteiger partial charge in [-0.3, -0.25) is 0 Å². The molecule has 0 aliphatic heterocycles. The van der Waals surface area contributed by atoms with Crippen molar-refractivity contribution < 1.29 is 14.3 Å². The fourth-order valence-electron chi connectivity index (χ4n) is 1.88. The number of alkyl carbamates (subject to hydrolysis) is 1. The minimum Gasteiger partial charge on any atom is -0.489 e. The molecule has 0 radical (unpaired) electrons. The van der Waals surface area contributed by atoms with Gasteiger partial charge >= 0.3 is 6.09 Å². The van der Waals surface area contributed by atoms with Gasteiger partial charge in [-0.25, -0.2) is 4.79 Å². The van der Waals surface area contributed by atoms with Crippen molar-refractivity contribution in [2.75, 3.05) is 26.0 Å². The second kappa shape index (κ2) is 8.19. The Morgan fingerprint density at radius 3 is 2.74 bits per heavy atom. The second-order valence-corrected chi connectivity index (χ2v) is 5.07. The van der Waals surface area contributed by atoms with Crippen LogP contribution in [-0.4, -0.2) is 36.6 Å². The first kappa shape index (κ1) is 16.8. The van der Waals surface area contributed by atoms with Crippen LogP contribution in [0.25, 0.3) is 0 Å². The highest BCUT2D eigenvalue weighted by Crippen LogP contribution is 2.24. The Labute approximate surface area is 138 Å². The molecular weight excluding hydrogens is 320 g/mol. The van der Waals surface area contributed by atoms with Crippen molar-refractivity contribution in [3.05, 3.63) is 47.1 Å². The Hall–Kier alpha value is -2.54. The van der Waals surface area contributed by atoms with Gasteiger partial charge in [0.2, 0.25) is 0 Å². The molecule has 1 atom stereocenters. The van der Waals surface area contributed by atoms with E-state index in [2.05, 4.69) is 15.5 Å². The van der Waals surface area contributed by atoms with E-state index in [4.69, 9.17) is 26.8 Å². The van der Waals surface area contributed by atoms with Crippen LogP contribution in [0.4, 0.5) is 10.6 Å².